The van der Waals surface area contributed by atoms with E-state index in [9.17, 15) is 14.4 Å². The average Bonchev–Trinajstić information content (AvgIpc) is 2.91. The normalized spacial score (nSPS) is 19.6. The van der Waals surface area contributed by atoms with E-state index >= 15 is 0 Å². The van der Waals surface area contributed by atoms with Crippen molar-refractivity contribution < 1.29 is 19.1 Å². The number of ether oxygens (including phenoxy) is 1. The Morgan fingerprint density at radius 1 is 1.16 bits per heavy atom. The molecule has 2 heterocycles. The van der Waals surface area contributed by atoms with E-state index in [0.717, 1.165) is 17.7 Å². The lowest BCUT2D eigenvalue weighted by Gasteiger charge is -2.34. The summed E-state index contributed by atoms with van der Waals surface area (Å²) in [5.41, 5.74) is 0.529. The molecule has 1 aromatic carbocycles. The molecule has 1 saturated heterocycles. The maximum atomic E-state index is 13.3. The van der Waals surface area contributed by atoms with Crippen LogP contribution in [0.25, 0.3) is 0 Å². The molecular formula is C24H35N3O4. The summed E-state index contributed by atoms with van der Waals surface area (Å²) in [4.78, 5) is 39.7. The zero-order valence-electron chi connectivity index (χ0n) is 19.5. The Morgan fingerprint density at radius 3 is 2.52 bits per heavy atom. The van der Waals surface area contributed by atoms with E-state index in [1.165, 1.54) is 0 Å². The molecule has 7 heteroatoms. The fourth-order valence-corrected chi connectivity index (χ4v) is 4.51. The van der Waals surface area contributed by atoms with Crippen LogP contribution in [0, 0.1) is 5.92 Å². The number of benzene rings is 1. The molecule has 31 heavy (non-hydrogen) atoms. The van der Waals surface area contributed by atoms with Gasteiger partial charge in [0.05, 0.1) is 28.9 Å². The zero-order chi connectivity index (χ0) is 23.0. The lowest BCUT2D eigenvalue weighted by Crippen LogP contribution is -2.52. The number of fused-ring (bicyclic) bond motifs is 1. The second kappa shape index (κ2) is 8.61. The molecule has 170 valence electrons. The summed E-state index contributed by atoms with van der Waals surface area (Å²) in [5, 5.41) is 6.16. The zero-order valence-corrected chi connectivity index (χ0v) is 19.5. The minimum absolute atomic E-state index is 0.261. The molecule has 0 aliphatic carbocycles. The van der Waals surface area contributed by atoms with Crippen LogP contribution in [0.2, 0.25) is 0 Å². The third-order valence-electron chi connectivity index (χ3n) is 5.71. The van der Waals surface area contributed by atoms with Crippen molar-refractivity contribution >= 4 is 23.4 Å². The lowest BCUT2D eigenvalue weighted by atomic mass is 9.95. The van der Waals surface area contributed by atoms with Gasteiger partial charge >= 0.3 is 0 Å². The predicted octanol–water partition coefficient (Wildman–Crippen LogP) is 3.59. The monoisotopic (exact) mass is 429 g/mol. The SMILES string of the molecule is CC(C)CC(C)(C)OCC(C)(C)Nc1cccc2c1C(=O)N(C1CCCNC1=O)C2=O. The number of anilines is 1. The molecule has 2 aliphatic heterocycles. The van der Waals surface area contributed by atoms with Gasteiger partial charge in [-0.15, -0.1) is 0 Å². The fourth-order valence-electron chi connectivity index (χ4n) is 4.51. The summed E-state index contributed by atoms with van der Waals surface area (Å²) < 4.78 is 6.20. The fraction of sp³-hybridized carbons (Fsp3) is 0.625. The molecule has 2 aliphatic rings. The first-order valence-corrected chi connectivity index (χ1v) is 11.1. The molecule has 0 radical (unpaired) electrons. The highest BCUT2D eigenvalue weighted by molar-refractivity contribution is 6.25. The molecular weight excluding hydrogens is 394 g/mol. The summed E-state index contributed by atoms with van der Waals surface area (Å²) in [6.45, 7) is 13.5. The van der Waals surface area contributed by atoms with Crippen molar-refractivity contribution in [2.45, 2.75) is 78.0 Å². The molecule has 0 aromatic heterocycles. The third kappa shape index (κ3) is 5.09. The van der Waals surface area contributed by atoms with Gasteiger partial charge in [-0.2, -0.15) is 0 Å². The Kier molecular flexibility index (Phi) is 6.46. The van der Waals surface area contributed by atoms with E-state index in [0.29, 0.717) is 42.3 Å². The number of hydrogen-bond donors (Lipinski definition) is 2. The van der Waals surface area contributed by atoms with E-state index in [1.54, 1.807) is 18.2 Å². The van der Waals surface area contributed by atoms with Crippen molar-refractivity contribution in [1.29, 1.82) is 0 Å². The number of nitrogens with one attached hydrogen (secondary N) is 2. The van der Waals surface area contributed by atoms with Crippen LogP contribution >= 0.6 is 0 Å². The molecule has 1 unspecified atom stereocenters. The second-order valence-electron chi connectivity index (χ2n) is 10.3. The quantitative estimate of drug-likeness (QED) is 0.617. The minimum Gasteiger partial charge on any atom is -0.377 e. The van der Waals surface area contributed by atoms with Crippen LogP contribution in [0.4, 0.5) is 5.69 Å². The summed E-state index contributed by atoms with van der Waals surface area (Å²) in [5.74, 6) is -0.564. The number of carbonyl (C=O) groups is 3. The average molecular weight is 430 g/mol. The molecule has 3 rings (SSSR count). The smallest absolute Gasteiger partial charge is 0.264 e. The summed E-state index contributed by atoms with van der Waals surface area (Å²) in [6.07, 6.45) is 2.17. The first kappa shape index (κ1) is 23.3. The molecule has 2 N–H and O–H groups in total. The number of carbonyl (C=O) groups excluding carboxylic acids is 3. The molecule has 0 saturated carbocycles. The van der Waals surface area contributed by atoms with Gasteiger partial charge in [0.1, 0.15) is 6.04 Å². The Labute approximate surface area is 184 Å². The van der Waals surface area contributed by atoms with E-state index in [2.05, 4.69) is 38.3 Å². The topological polar surface area (TPSA) is 87.7 Å². The lowest BCUT2D eigenvalue weighted by molar-refractivity contribution is -0.126. The highest BCUT2D eigenvalue weighted by atomic mass is 16.5. The molecule has 1 aromatic rings. The van der Waals surface area contributed by atoms with Crippen molar-refractivity contribution in [2.75, 3.05) is 18.5 Å². The van der Waals surface area contributed by atoms with E-state index in [4.69, 9.17) is 4.74 Å². The third-order valence-corrected chi connectivity index (χ3v) is 5.71. The van der Waals surface area contributed by atoms with Gasteiger partial charge in [-0.1, -0.05) is 19.9 Å². The van der Waals surface area contributed by atoms with E-state index in [-0.39, 0.29) is 11.5 Å². The number of nitrogens with zero attached hydrogens (tertiary/aromatic N) is 1. The molecule has 1 fully saturated rings. The molecule has 0 spiro atoms. The van der Waals surface area contributed by atoms with Gasteiger partial charge in [0, 0.05) is 12.2 Å². The van der Waals surface area contributed by atoms with Crippen molar-refractivity contribution in [3.63, 3.8) is 0 Å². The summed E-state index contributed by atoms with van der Waals surface area (Å²) in [6, 6.07) is 4.46. The maximum Gasteiger partial charge on any atom is 0.264 e. The van der Waals surface area contributed by atoms with E-state index < -0.39 is 23.4 Å². The van der Waals surface area contributed by atoms with Gasteiger partial charge in [0.15, 0.2) is 0 Å². The first-order chi connectivity index (χ1) is 14.4. The Hall–Kier alpha value is -2.41. The molecule has 1 atom stereocenters. The van der Waals surface area contributed by atoms with Gasteiger partial charge in [-0.3, -0.25) is 19.3 Å². The largest absolute Gasteiger partial charge is 0.377 e. The predicted molar refractivity (Wildman–Crippen MR) is 120 cm³/mol. The Balaban J connectivity index is 1.79. The number of imide groups is 1. The number of hydrogen-bond acceptors (Lipinski definition) is 5. The highest BCUT2D eigenvalue weighted by Crippen LogP contribution is 2.34. The van der Waals surface area contributed by atoms with Crippen molar-refractivity contribution in [2.24, 2.45) is 5.92 Å². The van der Waals surface area contributed by atoms with Crippen molar-refractivity contribution in [3.05, 3.63) is 29.3 Å². The molecule has 7 nitrogen and oxygen atoms in total. The van der Waals surface area contributed by atoms with Crippen molar-refractivity contribution in [1.82, 2.24) is 10.2 Å². The number of rotatable bonds is 8. The van der Waals surface area contributed by atoms with Crippen LogP contribution < -0.4 is 10.6 Å². The Bertz CT molecular complexity index is 876. The van der Waals surface area contributed by atoms with Gasteiger partial charge in [-0.25, -0.2) is 0 Å². The Morgan fingerprint density at radius 2 is 1.87 bits per heavy atom. The molecule has 0 bridgehead atoms. The minimum atomic E-state index is -0.748. The van der Waals surface area contributed by atoms with Crippen LogP contribution in [0.3, 0.4) is 0 Å². The van der Waals surface area contributed by atoms with Gasteiger partial charge in [0.25, 0.3) is 11.8 Å². The maximum absolute atomic E-state index is 13.3. The molecule has 3 amide bonds. The summed E-state index contributed by atoms with van der Waals surface area (Å²) in [7, 11) is 0. The number of piperidine rings is 1. The van der Waals surface area contributed by atoms with Crippen LogP contribution in [-0.2, 0) is 9.53 Å². The van der Waals surface area contributed by atoms with Crippen LogP contribution in [0.15, 0.2) is 18.2 Å². The van der Waals surface area contributed by atoms with Gasteiger partial charge < -0.3 is 15.4 Å². The highest BCUT2D eigenvalue weighted by Gasteiger charge is 2.45. The summed E-state index contributed by atoms with van der Waals surface area (Å²) >= 11 is 0. The second-order valence-corrected chi connectivity index (χ2v) is 10.3. The van der Waals surface area contributed by atoms with Crippen LogP contribution in [0.1, 0.15) is 81.5 Å². The van der Waals surface area contributed by atoms with Gasteiger partial charge in [0.2, 0.25) is 5.91 Å². The number of amides is 3. The van der Waals surface area contributed by atoms with Crippen LogP contribution in [-0.4, -0.2) is 53.0 Å². The van der Waals surface area contributed by atoms with Gasteiger partial charge in [-0.05, 0) is 65.0 Å². The van der Waals surface area contributed by atoms with E-state index in [1.807, 2.05) is 13.8 Å². The first-order valence-electron chi connectivity index (χ1n) is 11.1. The van der Waals surface area contributed by atoms with Crippen molar-refractivity contribution in [3.8, 4) is 0 Å². The standard InChI is InChI=1S/C24H35N3O4/c1-15(2)13-24(5,6)31-14-23(3,4)26-17-10-7-9-16-19(17)22(30)27(21(16)29)18-11-8-12-25-20(18)28/h7,9-10,15,18,26H,8,11-14H2,1-6H3,(H,25,28). The van der Waals surface area contributed by atoms with Crippen LogP contribution in [0.5, 0.6) is 0 Å².